The van der Waals surface area contributed by atoms with Crippen LogP contribution in [0.4, 0.5) is 0 Å². The summed E-state index contributed by atoms with van der Waals surface area (Å²) in [6, 6.07) is 5.84. The quantitative estimate of drug-likeness (QED) is 0.673. The SMILES string of the molecule is C=O.CCc1ccc(OC#N)c(C)c1. The van der Waals surface area contributed by atoms with Crippen LogP contribution >= 0.6 is 0 Å². The molecular formula is C11H13NO2. The number of carbonyl (C=O) groups excluding carboxylic acids is 1. The molecule has 0 radical (unpaired) electrons. The lowest BCUT2D eigenvalue weighted by molar-refractivity contribution is -0.0979. The molecule has 14 heavy (non-hydrogen) atoms. The topological polar surface area (TPSA) is 50.1 Å². The Hall–Kier alpha value is -1.82. The average molecular weight is 191 g/mol. The minimum Gasteiger partial charge on any atom is -0.388 e. The minimum atomic E-state index is 0.648. The van der Waals surface area contributed by atoms with Crippen molar-refractivity contribution in [1.29, 1.82) is 5.26 Å². The van der Waals surface area contributed by atoms with Gasteiger partial charge in [-0.05, 0) is 30.5 Å². The normalized spacial score (nSPS) is 8.07. The molecule has 0 saturated heterocycles. The summed E-state index contributed by atoms with van der Waals surface area (Å²) in [5, 5.41) is 8.30. The summed E-state index contributed by atoms with van der Waals surface area (Å²) in [6.07, 6.45) is 2.67. The van der Waals surface area contributed by atoms with Gasteiger partial charge in [0.05, 0.1) is 0 Å². The maximum Gasteiger partial charge on any atom is 0.292 e. The second-order valence-corrected chi connectivity index (χ2v) is 2.65. The maximum absolute atomic E-state index is 8.30. The van der Waals surface area contributed by atoms with Gasteiger partial charge in [-0.1, -0.05) is 19.1 Å². The fourth-order valence-electron chi connectivity index (χ4n) is 1.10. The van der Waals surface area contributed by atoms with Crippen LogP contribution in [0.1, 0.15) is 18.1 Å². The summed E-state index contributed by atoms with van der Waals surface area (Å²) in [4.78, 5) is 8.00. The molecule has 1 rings (SSSR count). The number of benzene rings is 1. The molecule has 0 heterocycles. The van der Waals surface area contributed by atoms with Crippen molar-refractivity contribution in [1.82, 2.24) is 0 Å². The van der Waals surface area contributed by atoms with Gasteiger partial charge >= 0.3 is 0 Å². The number of nitrogens with zero attached hydrogens (tertiary/aromatic N) is 1. The number of hydrogen-bond acceptors (Lipinski definition) is 3. The minimum absolute atomic E-state index is 0.648. The van der Waals surface area contributed by atoms with Crippen LogP contribution in [-0.2, 0) is 11.2 Å². The fraction of sp³-hybridized carbons (Fsp3) is 0.273. The average Bonchev–Trinajstić information content (AvgIpc) is 2.24. The third kappa shape index (κ3) is 3.28. The van der Waals surface area contributed by atoms with Crippen molar-refractivity contribution in [2.45, 2.75) is 20.3 Å². The first-order valence-electron chi connectivity index (χ1n) is 4.22. The highest BCUT2D eigenvalue weighted by atomic mass is 16.5. The van der Waals surface area contributed by atoms with Gasteiger partial charge in [0.15, 0.2) is 0 Å². The maximum atomic E-state index is 8.30. The fourth-order valence-corrected chi connectivity index (χ4v) is 1.10. The van der Waals surface area contributed by atoms with E-state index in [-0.39, 0.29) is 0 Å². The molecule has 0 aromatic heterocycles. The van der Waals surface area contributed by atoms with Crippen molar-refractivity contribution in [2.24, 2.45) is 0 Å². The van der Waals surface area contributed by atoms with Gasteiger partial charge in [-0.3, -0.25) is 0 Å². The number of aryl methyl sites for hydroxylation is 2. The summed E-state index contributed by atoms with van der Waals surface area (Å²) in [7, 11) is 0. The molecule has 74 valence electrons. The number of ether oxygens (including phenoxy) is 1. The van der Waals surface area contributed by atoms with E-state index >= 15 is 0 Å². The molecule has 0 aliphatic heterocycles. The molecule has 0 bridgehead atoms. The van der Waals surface area contributed by atoms with E-state index in [9.17, 15) is 0 Å². The highest BCUT2D eigenvalue weighted by Crippen LogP contribution is 2.18. The first-order valence-corrected chi connectivity index (χ1v) is 4.22. The Balaban J connectivity index is 0.000000791. The summed E-state index contributed by atoms with van der Waals surface area (Å²) >= 11 is 0. The molecule has 1 aromatic carbocycles. The first-order chi connectivity index (χ1) is 6.77. The Labute approximate surface area is 83.9 Å². The van der Waals surface area contributed by atoms with Crippen LogP contribution in [0, 0.1) is 18.4 Å². The molecule has 0 atom stereocenters. The molecule has 0 saturated carbocycles. The summed E-state index contributed by atoms with van der Waals surface area (Å²) in [5.74, 6) is 0.648. The predicted octanol–water partition coefficient (Wildman–Crippen LogP) is 2.23. The molecule has 0 fully saturated rings. The lowest BCUT2D eigenvalue weighted by Gasteiger charge is -2.02. The lowest BCUT2D eigenvalue weighted by Crippen LogP contribution is -1.88. The molecule has 1 aromatic rings. The van der Waals surface area contributed by atoms with E-state index in [2.05, 4.69) is 6.92 Å². The first kappa shape index (κ1) is 12.2. The molecule has 3 nitrogen and oxygen atoms in total. The van der Waals surface area contributed by atoms with Crippen LogP contribution in [0.25, 0.3) is 0 Å². The second-order valence-electron chi connectivity index (χ2n) is 2.65. The van der Waals surface area contributed by atoms with E-state index in [0.29, 0.717) is 5.75 Å². The number of rotatable bonds is 2. The molecule has 0 spiro atoms. The van der Waals surface area contributed by atoms with Gasteiger partial charge in [-0.15, -0.1) is 5.26 Å². The van der Waals surface area contributed by atoms with Gasteiger partial charge in [0.2, 0.25) is 0 Å². The molecule has 0 N–H and O–H groups in total. The molecule has 3 heteroatoms. The van der Waals surface area contributed by atoms with Crippen molar-refractivity contribution in [3.05, 3.63) is 29.3 Å². The van der Waals surface area contributed by atoms with Crippen LogP contribution in [0.15, 0.2) is 18.2 Å². The third-order valence-electron chi connectivity index (χ3n) is 1.80. The van der Waals surface area contributed by atoms with Gasteiger partial charge < -0.3 is 9.53 Å². The van der Waals surface area contributed by atoms with Gasteiger partial charge in [-0.25, -0.2) is 0 Å². The number of carbonyl (C=O) groups is 1. The molecule has 0 aliphatic carbocycles. The number of nitriles is 1. The predicted molar refractivity (Wildman–Crippen MR) is 53.9 cm³/mol. The standard InChI is InChI=1S/C10H11NO.CH2O/c1-3-9-4-5-10(12-7-11)8(2)6-9;1-2/h4-6H,3H2,1-2H3;1H2. The summed E-state index contributed by atoms with van der Waals surface area (Å²) in [6.45, 7) is 6.03. The number of hydrogen-bond donors (Lipinski definition) is 0. The van der Waals surface area contributed by atoms with Crippen LogP contribution in [0.5, 0.6) is 5.75 Å². The van der Waals surface area contributed by atoms with Crippen molar-refractivity contribution >= 4 is 6.79 Å². The van der Waals surface area contributed by atoms with E-state index in [4.69, 9.17) is 14.8 Å². The van der Waals surface area contributed by atoms with Crippen LogP contribution in [0.2, 0.25) is 0 Å². The van der Waals surface area contributed by atoms with E-state index in [1.54, 1.807) is 6.26 Å². The highest BCUT2D eigenvalue weighted by Gasteiger charge is 1.99. The van der Waals surface area contributed by atoms with Gasteiger partial charge in [-0.2, -0.15) is 0 Å². The zero-order valence-corrected chi connectivity index (χ0v) is 8.41. The third-order valence-corrected chi connectivity index (χ3v) is 1.80. The van der Waals surface area contributed by atoms with E-state index in [1.165, 1.54) is 5.56 Å². The Morgan fingerprint density at radius 1 is 1.50 bits per heavy atom. The Bertz CT molecular complexity index is 329. The smallest absolute Gasteiger partial charge is 0.292 e. The largest absolute Gasteiger partial charge is 0.388 e. The molecule has 0 aliphatic rings. The lowest BCUT2D eigenvalue weighted by atomic mass is 10.1. The van der Waals surface area contributed by atoms with Crippen LogP contribution in [0.3, 0.4) is 0 Å². The van der Waals surface area contributed by atoms with E-state index < -0.39 is 0 Å². The van der Waals surface area contributed by atoms with Crippen molar-refractivity contribution in [3.8, 4) is 12.0 Å². The molecule has 0 unspecified atom stereocenters. The van der Waals surface area contributed by atoms with Gasteiger partial charge in [0.1, 0.15) is 12.5 Å². The molecule has 0 amide bonds. The Morgan fingerprint density at radius 2 is 2.14 bits per heavy atom. The van der Waals surface area contributed by atoms with E-state index in [1.807, 2.05) is 31.9 Å². The van der Waals surface area contributed by atoms with E-state index in [0.717, 1.165) is 12.0 Å². The Morgan fingerprint density at radius 3 is 2.57 bits per heavy atom. The second kappa shape index (κ2) is 6.67. The monoisotopic (exact) mass is 191 g/mol. The highest BCUT2D eigenvalue weighted by molar-refractivity contribution is 5.36. The summed E-state index contributed by atoms with van der Waals surface area (Å²) < 4.78 is 4.74. The van der Waals surface area contributed by atoms with Gasteiger partial charge in [0.25, 0.3) is 6.26 Å². The van der Waals surface area contributed by atoms with Crippen molar-refractivity contribution in [2.75, 3.05) is 0 Å². The van der Waals surface area contributed by atoms with Crippen LogP contribution in [-0.4, -0.2) is 6.79 Å². The zero-order chi connectivity index (χ0) is 11.0. The van der Waals surface area contributed by atoms with Gasteiger partial charge in [0, 0.05) is 0 Å². The molecular weight excluding hydrogens is 178 g/mol. The zero-order valence-electron chi connectivity index (χ0n) is 8.41. The van der Waals surface area contributed by atoms with Crippen molar-refractivity contribution in [3.63, 3.8) is 0 Å². The summed E-state index contributed by atoms with van der Waals surface area (Å²) in [5.41, 5.74) is 2.27. The van der Waals surface area contributed by atoms with Crippen LogP contribution < -0.4 is 4.74 Å². The van der Waals surface area contributed by atoms with Crippen molar-refractivity contribution < 1.29 is 9.53 Å². The Kier molecular flexibility index (Phi) is 5.80.